The van der Waals surface area contributed by atoms with Gasteiger partial charge in [-0.25, -0.2) is 8.42 Å². The molecule has 1 aliphatic heterocycles. The maximum absolute atomic E-state index is 12.6. The van der Waals surface area contributed by atoms with Crippen LogP contribution in [0.25, 0.3) is 0 Å². The Morgan fingerprint density at radius 1 is 1.32 bits per heavy atom. The summed E-state index contributed by atoms with van der Waals surface area (Å²) in [4.78, 5) is 2.30. The van der Waals surface area contributed by atoms with E-state index in [-0.39, 0.29) is 10.9 Å². The lowest BCUT2D eigenvalue weighted by Gasteiger charge is -2.35. The summed E-state index contributed by atoms with van der Waals surface area (Å²) in [5, 5.41) is 0. The van der Waals surface area contributed by atoms with Crippen LogP contribution in [0, 0.1) is 0 Å². The number of sulfonamides is 1. The molecule has 1 fully saturated rings. The number of hydrogen-bond donors (Lipinski definition) is 1. The number of rotatable bonds is 3. The van der Waals surface area contributed by atoms with Crippen molar-refractivity contribution in [2.75, 3.05) is 32.9 Å². The highest BCUT2D eigenvalue weighted by atomic mass is 32.2. The zero-order chi connectivity index (χ0) is 14.0. The molecule has 1 saturated heterocycles. The summed E-state index contributed by atoms with van der Waals surface area (Å²) in [6.07, 6.45) is 1.91. The zero-order valence-corrected chi connectivity index (χ0v) is 12.2. The van der Waals surface area contributed by atoms with Crippen molar-refractivity contribution in [3.63, 3.8) is 0 Å². The fraction of sp³-hybridized carbons (Fsp3) is 0.538. The number of para-hydroxylation sites is 1. The Morgan fingerprint density at radius 3 is 2.63 bits per heavy atom. The molecule has 0 saturated carbocycles. The average molecular weight is 283 g/mol. The van der Waals surface area contributed by atoms with Gasteiger partial charge in [-0.05, 0) is 39.1 Å². The second kappa shape index (κ2) is 5.48. The second-order valence-electron chi connectivity index (χ2n) is 5.16. The first-order valence-electron chi connectivity index (χ1n) is 6.44. The van der Waals surface area contributed by atoms with Gasteiger partial charge in [-0.1, -0.05) is 12.1 Å². The molecule has 1 heterocycles. The van der Waals surface area contributed by atoms with Gasteiger partial charge in [-0.15, -0.1) is 0 Å². The van der Waals surface area contributed by atoms with Crippen molar-refractivity contribution in [2.24, 2.45) is 0 Å². The number of likely N-dealkylation sites (N-methyl/N-ethyl adjacent to an activating group) is 1. The Bertz CT molecular complexity index is 543. The van der Waals surface area contributed by atoms with Crippen molar-refractivity contribution in [2.45, 2.75) is 23.8 Å². The van der Waals surface area contributed by atoms with Crippen LogP contribution in [0.2, 0.25) is 0 Å². The molecule has 1 aromatic carbocycles. The highest BCUT2D eigenvalue weighted by Crippen LogP contribution is 2.25. The van der Waals surface area contributed by atoms with Gasteiger partial charge in [0.1, 0.15) is 4.90 Å². The second-order valence-corrected chi connectivity index (χ2v) is 7.07. The van der Waals surface area contributed by atoms with Gasteiger partial charge in [0.05, 0.1) is 5.69 Å². The lowest BCUT2D eigenvalue weighted by atomic mass is 10.1. The summed E-state index contributed by atoms with van der Waals surface area (Å²) in [7, 11) is 0.490. The van der Waals surface area contributed by atoms with E-state index in [1.165, 1.54) is 0 Å². The maximum atomic E-state index is 12.6. The third-order valence-electron chi connectivity index (χ3n) is 3.63. The molecule has 2 rings (SSSR count). The highest BCUT2D eigenvalue weighted by molar-refractivity contribution is 7.89. The van der Waals surface area contributed by atoms with Crippen LogP contribution in [0.1, 0.15) is 12.8 Å². The minimum atomic E-state index is -3.48. The van der Waals surface area contributed by atoms with Crippen LogP contribution in [0.15, 0.2) is 29.2 Å². The van der Waals surface area contributed by atoms with E-state index in [4.69, 9.17) is 5.73 Å². The summed E-state index contributed by atoms with van der Waals surface area (Å²) in [5.41, 5.74) is 6.11. The third-order valence-corrected chi connectivity index (χ3v) is 5.57. The van der Waals surface area contributed by atoms with Gasteiger partial charge in [0.2, 0.25) is 10.0 Å². The molecule has 0 amide bonds. The van der Waals surface area contributed by atoms with Gasteiger partial charge in [-0.3, -0.25) is 0 Å². The zero-order valence-electron chi connectivity index (χ0n) is 11.4. The number of nitrogen functional groups attached to an aromatic ring is 1. The molecule has 2 N–H and O–H groups in total. The van der Waals surface area contributed by atoms with Crippen LogP contribution >= 0.6 is 0 Å². The number of anilines is 1. The number of benzene rings is 1. The predicted molar refractivity (Wildman–Crippen MR) is 76.3 cm³/mol. The SMILES string of the molecule is CN(C)C1CCCN(S(=O)(=O)c2ccccc2N)C1. The fourth-order valence-corrected chi connectivity index (χ4v) is 4.05. The summed E-state index contributed by atoms with van der Waals surface area (Å²) < 4.78 is 26.8. The first-order valence-corrected chi connectivity index (χ1v) is 7.88. The fourth-order valence-electron chi connectivity index (χ4n) is 2.42. The Hall–Kier alpha value is -1.11. The standard InChI is InChI=1S/C13H21N3O2S/c1-15(2)11-6-5-9-16(10-11)19(17,18)13-8-4-3-7-12(13)14/h3-4,7-8,11H,5-6,9-10,14H2,1-2H3. The molecule has 1 atom stereocenters. The van der Waals surface area contributed by atoms with Crippen molar-refractivity contribution in [3.05, 3.63) is 24.3 Å². The molecule has 0 radical (unpaired) electrons. The quantitative estimate of drug-likeness (QED) is 0.840. The Balaban J connectivity index is 2.28. The Morgan fingerprint density at radius 2 is 2.00 bits per heavy atom. The monoisotopic (exact) mass is 283 g/mol. The summed E-state index contributed by atoms with van der Waals surface area (Å²) in [5.74, 6) is 0. The normalized spacial score (nSPS) is 21.7. The Labute approximate surface area is 115 Å². The van der Waals surface area contributed by atoms with Crippen molar-refractivity contribution >= 4 is 15.7 Å². The summed E-state index contributed by atoms with van der Waals surface area (Å²) >= 11 is 0. The van der Waals surface area contributed by atoms with Crippen molar-refractivity contribution < 1.29 is 8.42 Å². The van der Waals surface area contributed by atoms with Crippen LogP contribution in [0.4, 0.5) is 5.69 Å². The van der Waals surface area contributed by atoms with Crippen LogP contribution < -0.4 is 5.73 Å². The first-order chi connectivity index (χ1) is 8.93. The molecule has 0 spiro atoms. The van der Waals surface area contributed by atoms with Crippen LogP contribution in [0.5, 0.6) is 0 Å². The molecule has 1 aliphatic rings. The summed E-state index contributed by atoms with van der Waals surface area (Å²) in [6.45, 7) is 1.10. The van der Waals surface area contributed by atoms with E-state index in [1.807, 2.05) is 14.1 Å². The molecule has 0 aliphatic carbocycles. The van der Waals surface area contributed by atoms with E-state index in [9.17, 15) is 8.42 Å². The maximum Gasteiger partial charge on any atom is 0.245 e. The summed E-state index contributed by atoms with van der Waals surface area (Å²) in [6, 6.07) is 6.92. The van der Waals surface area contributed by atoms with Crippen molar-refractivity contribution in [3.8, 4) is 0 Å². The van der Waals surface area contributed by atoms with E-state index < -0.39 is 10.0 Å². The van der Waals surface area contributed by atoms with Gasteiger partial charge in [0, 0.05) is 19.1 Å². The van der Waals surface area contributed by atoms with Crippen molar-refractivity contribution in [1.29, 1.82) is 0 Å². The van der Waals surface area contributed by atoms with E-state index in [0.717, 1.165) is 12.8 Å². The van der Waals surface area contributed by atoms with Crippen LogP contribution in [0.3, 0.4) is 0 Å². The molecule has 1 unspecified atom stereocenters. The van der Waals surface area contributed by atoms with Gasteiger partial charge in [-0.2, -0.15) is 4.31 Å². The smallest absolute Gasteiger partial charge is 0.245 e. The van der Waals surface area contributed by atoms with Gasteiger partial charge < -0.3 is 10.6 Å². The van der Waals surface area contributed by atoms with E-state index in [1.54, 1.807) is 28.6 Å². The van der Waals surface area contributed by atoms with Crippen LogP contribution in [-0.2, 0) is 10.0 Å². The van der Waals surface area contributed by atoms with Gasteiger partial charge in [0.15, 0.2) is 0 Å². The molecule has 0 aromatic heterocycles. The molecule has 5 nitrogen and oxygen atoms in total. The lowest BCUT2D eigenvalue weighted by molar-refractivity contribution is 0.190. The number of nitrogens with two attached hydrogens (primary N) is 1. The highest BCUT2D eigenvalue weighted by Gasteiger charge is 2.31. The molecule has 1 aromatic rings. The first kappa shape index (κ1) is 14.3. The molecule has 6 heteroatoms. The van der Waals surface area contributed by atoms with Gasteiger partial charge >= 0.3 is 0 Å². The molecule has 19 heavy (non-hydrogen) atoms. The van der Waals surface area contributed by atoms with E-state index in [2.05, 4.69) is 4.90 Å². The topological polar surface area (TPSA) is 66.6 Å². The predicted octanol–water partition coefficient (Wildman–Crippen LogP) is 0.983. The number of piperidine rings is 1. The minimum Gasteiger partial charge on any atom is -0.398 e. The molecule has 106 valence electrons. The van der Waals surface area contributed by atoms with Crippen LogP contribution in [-0.4, -0.2) is 50.8 Å². The van der Waals surface area contributed by atoms with Gasteiger partial charge in [0.25, 0.3) is 0 Å². The Kier molecular flexibility index (Phi) is 4.13. The third kappa shape index (κ3) is 2.91. The molecular weight excluding hydrogens is 262 g/mol. The molecule has 0 bridgehead atoms. The van der Waals surface area contributed by atoms with E-state index in [0.29, 0.717) is 18.8 Å². The largest absolute Gasteiger partial charge is 0.398 e. The lowest BCUT2D eigenvalue weighted by Crippen LogP contribution is -2.47. The van der Waals surface area contributed by atoms with Crippen molar-refractivity contribution in [1.82, 2.24) is 9.21 Å². The number of hydrogen-bond acceptors (Lipinski definition) is 4. The van der Waals surface area contributed by atoms with E-state index >= 15 is 0 Å². The average Bonchev–Trinajstić information content (AvgIpc) is 2.39. The number of nitrogens with zero attached hydrogens (tertiary/aromatic N) is 2. The minimum absolute atomic E-state index is 0.217. The molecular formula is C13H21N3O2S.